The Balaban J connectivity index is 5.25. The Morgan fingerprint density at radius 2 is 0.533 bits per heavy atom. The molecule has 534 valence electrons. The van der Waals surface area contributed by atoms with Crippen LogP contribution in [0.1, 0.15) is 363 Å². The first-order valence-electron chi connectivity index (χ1n) is 37.1. The minimum Gasteiger partial charge on any atom is -0.462 e. The van der Waals surface area contributed by atoms with Gasteiger partial charge in [0.25, 0.3) is 0 Å². The predicted octanol–water partition coefficient (Wildman–Crippen LogP) is 20.4. The van der Waals surface area contributed by atoms with Crippen molar-refractivity contribution < 1.29 is 80.2 Å². The molecule has 4 unspecified atom stereocenters. The van der Waals surface area contributed by atoms with E-state index in [9.17, 15) is 43.2 Å². The van der Waals surface area contributed by atoms with Crippen molar-refractivity contribution >= 4 is 39.5 Å². The summed E-state index contributed by atoms with van der Waals surface area (Å²) in [7, 11) is -9.90. The van der Waals surface area contributed by atoms with Crippen molar-refractivity contribution in [3.63, 3.8) is 0 Å². The van der Waals surface area contributed by atoms with Crippen LogP contribution in [0.15, 0.2) is 0 Å². The van der Waals surface area contributed by atoms with Crippen molar-refractivity contribution in [3.8, 4) is 0 Å². The molecule has 0 radical (unpaired) electrons. The van der Waals surface area contributed by atoms with E-state index in [-0.39, 0.29) is 25.7 Å². The third-order valence-corrected chi connectivity index (χ3v) is 19.1. The highest BCUT2D eigenvalue weighted by Crippen LogP contribution is 2.45. The molecule has 0 aromatic heterocycles. The Bertz CT molecular complexity index is 1760. The van der Waals surface area contributed by atoms with E-state index in [2.05, 4.69) is 41.5 Å². The number of carbonyl (C=O) groups is 4. The number of carbonyl (C=O) groups excluding carboxylic acids is 4. The lowest BCUT2D eigenvalue weighted by atomic mass is 9.99. The minimum atomic E-state index is -4.95. The summed E-state index contributed by atoms with van der Waals surface area (Å²) in [5, 5.41) is 10.6. The highest BCUT2D eigenvalue weighted by Gasteiger charge is 2.30. The highest BCUT2D eigenvalue weighted by atomic mass is 31.2. The molecular weight excluding hydrogens is 1190 g/mol. The average molecular weight is 1330 g/mol. The third-order valence-electron chi connectivity index (χ3n) is 17.2. The van der Waals surface area contributed by atoms with Gasteiger partial charge in [-0.3, -0.25) is 37.3 Å². The van der Waals surface area contributed by atoms with Gasteiger partial charge in [0.05, 0.1) is 26.4 Å². The zero-order valence-electron chi connectivity index (χ0n) is 58.4. The molecule has 0 aliphatic carbocycles. The smallest absolute Gasteiger partial charge is 0.462 e. The van der Waals surface area contributed by atoms with Gasteiger partial charge in [-0.25, -0.2) is 9.13 Å². The molecule has 3 N–H and O–H groups in total. The number of hydrogen-bond donors (Lipinski definition) is 3. The molecule has 0 aliphatic heterocycles. The quantitative estimate of drug-likeness (QED) is 0.0222. The molecule has 17 nitrogen and oxygen atoms in total. The number of aliphatic hydroxyl groups is 1. The van der Waals surface area contributed by atoms with Crippen molar-refractivity contribution in [2.45, 2.75) is 381 Å². The molecule has 0 aromatic rings. The van der Waals surface area contributed by atoms with Crippen LogP contribution in [-0.2, 0) is 65.4 Å². The molecule has 0 aromatic carbocycles. The Kier molecular flexibility index (Phi) is 61.8. The molecule has 0 spiro atoms. The van der Waals surface area contributed by atoms with Crippen molar-refractivity contribution in [2.75, 3.05) is 39.6 Å². The summed E-state index contributed by atoms with van der Waals surface area (Å²) in [6.07, 6.45) is 48.4. The number of unbranched alkanes of at least 4 members (excludes halogenated alkanes) is 38. The number of ether oxygens (including phenoxy) is 4. The number of rotatable bonds is 70. The predicted molar refractivity (Wildman–Crippen MR) is 363 cm³/mol. The van der Waals surface area contributed by atoms with Gasteiger partial charge in [-0.1, -0.05) is 311 Å². The van der Waals surface area contributed by atoms with E-state index in [0.717, 1.165) is 102 Å². The SMILES string of the molecule is CCCCCCCCCCCCCCCCCCC(=O)O[C@H](COC(=O)CCCCCCCCCCC(C)CC)COP(=O)(O)OC[C@@H](O)COP(=O)(O)OC[C@@H](COC(=O)CCCCCCCCCCCC)OC(=O)CCCCCCCCCCC(C)CC. The monoisotopic (exact) mass is 1320 g/mol. The molecule has 0 saturated heterocycles. The fraction of sp³-hybridized carbons (Fsp3) is 0.944. The Morgan fingerprint density at radius 1 is 0.311 bits per heavy atom. The largest absolute Gasteiger partial charge is 0.472 e. The van der Waals surface area contributed by atoms with Gasteiger partial charge in [0, 0.05) is 25.7 Å². The normalized spacial score (nSPS) is 14.7. The van der Waals surface area contributed by atoms with Crippen LogP contribution in [0.4, 0.5) is 0 Å². The maximum atomic E-state index is 13.0. The van der Waals surface area contributed by atoms with Crippen LogP contribution in [0, 0.1) is 11.8 Å². The molecule has 7 atom stereocenters. The molecular formula is C71H138O17P2. The number of phosphoric ester groups is 2. The van der Waals surface area contributed by atoms with Gasteiger partial charge in [-0.05, 0) is 37.5 Å². The van der Waals surface area contributed by atoms with Gasteiger partial charge < -0.3 is 33.8 Å². The van der Waals surface area contributed by atoms with Crippen LogP contribution in [0.5, 0.6) is 0 Å². The maximum absolute atomic E-state index is 13.0. The zero-order valence-corrected chi connectivity index (χ0v) is 60.2. The number of hydrogen-bond acceptors (Lipinski definition) is 15. The molecule has 0 bridgehead atoms. The van der Waals surface area contributed by atoms with Crippen molar-refractivity contribution in [3.05, 3.63) is 0 Å². The fourth-order valence-electron chi connectivity index (χ4n) is 10.7. The molecule has 0 aliphatic rings. The average Bonchev–Trinajstić information content (AvgIpc) is 3.31. The van der Waals surface area contributed by atoms with Crippen molar-refractivity contribution in [1.82, 2.24) is 0 Å². The molecule has 0 saturated carbocycles. The molecule has 0 fully saturated rings. The number of aliphatic hydroxyl groups excluding tert-OH is 1. The van der Waals surface area contributed by atoms with Crippen LogP contribution >= 0.6 is 15.6 Å². The molecule has 0 amide bonds. The van der Waals surface area contributed by atoms with Gasteiger partial charge in [0.15, 0.2) is 12.2 Å². The van der Waals surface area contributed by atoms with E-state index >= 15 is 0 Å². The van der Waals surface area contributed by atoms with Gasteiger partial charge in [0.2, 0.25) is 0 Å². The fourth-order valence-corrected chi connectivity index (χ4v) is 12.3. The van der Waals surface area contributed by atoms with E-state index in [4.69, 9.17) is 37.0 Å². The van der Waals surface area contributed by atoms with Gasteiger partial charge in [-0.2, -0.15) is 0 Å². The highest BCUT2D eigenvalue weighted by molar-refractivity contribution is 7.47. The summed E-state index contributed by atoms with van der Waals surface area (Å²) in [6, 6.07) is 0. The lowest BCUT2D eigenvalue weighted by Gasteiger charge is -2.21. The standard InChI is InChI=1S/C71H138O17P2/c1-7-11-13-15-17-19-21-22-23-24-25-26-28-37-43-49-55-70(75)87-66(60-82-69(74)54-48-42-36-31-29-33-39-45-51-63(5)9-3)61-85-89(77,78)83-57-65(72)58-84-90(79,80)86-62-67(59-81-68(73)53-47-41-35-27-20-18-16-14-12-8-2)88-71(76)56-50-44-38-32-30-34-40-46-52-64(6)10-4/h63-67,72H,7-62H2,1-6H3,(H,77,78)(H,79,80)/t63?,64?,65-,66-,67-/m1/s1. The van der Waals surface area contributed by atoms with Gasteiger partial charge >= 0.3 is 39.5 Å². The second kappa shape index (κ2) is 63.1. The molecule has 0 heterocycles. The first kappa shape index (κ1) is 88.1. The van der Waals surface area contributed by atoms with Crippen LogP contribution in [0.3, 0.4) is 0 Å². The van der Waals surface area contributed by atoms with E-state index < -0.39 is 97.5 Å². The minimum absolute atomic E-state index is 0.105. The van der Waals surface area contributed by atoms with Crippen LogP contribution in [0.25, 0.3) is 0 Å². The summed E-state index contributed by atoms with van der Waals surface area (Å²) in [5.74, 6) is -0.576. The Labute approximate surface area is 549 Å². The Morgan fingerprint density at radius 3 is 0.789 bits per heavy atom. The topological polar surface area (TPSA) is 237 Å². The van der Waals surface area contributed by atoms with Crippen LogP contribution in [0.2, 0.25) is 0 Å². The van der Waals surface area contributed by atoms with E-state index in [0.29, 0.717) is 25.7 Å². The van der Waals surface area contributed by atoms with E-state index in [1.54, 1.807) is 0 Å². The summed E-state index contributed by atoms with van der Waals surface area (Å²) in [5.41, 5.74) is 0. The lowest BCUT2D eigenvalue weighted by Crippen LogP contribution is -2.30. The summed E-state index contributed by atoms with van der Waals surface area (Å²) in [6.45, 7) is 9.55. The first-order chi connectivity index (χ1) is 43.4. The van der Waals surface area contributed by atoms with Crippen molar-refractivity contribution in [2.24, 2.45) is 11.8 Å². The Hall–Kier alpha value is -1.94. The number of phosphoric acid groups is 2. The second-order valence-electron chi connectivity index (χ2n) is 26.1. The molecule has 0 rings (SSSR count). The first-order valence-corrected chi connectivity index (χ1v) is 40.1. The van der Waals surface area contributed by atoms with Gasteiger partial charge in [-0.15, -0.1) is 0 Å². The second-order valence-corrected chi connectivity index (χ2v) is 29.0. The summed E-state index contributed by atoms with van der Waals surface area (Å²) in [4.78, 5) is 72.6. The lowest BCUT2D eigenvalue weighted by molar-refractivity contribution is -0.161. The summed E-state index contributed by atoms with van der Waals surface area (Å²) < 4.78 is 68.3. The van der Waals surface area contributed by atoms with Crippen LogP contribution in [-0.4, -0.2) is 96.7 Å². The van der Waals surface area contributed by atoms with E-state index in [1.807, 2.05) is 0 Å². The van der Waals surface area contributed by atoms with Gasteiger partial charge in [0.1, 0.15) is 19.3 Å². The number of esters is 4. The zero-order chi connectivity index (χ0) is 66.5. The van der Waals surface area contributed by atoms with E-state index in [1.165, 1.54) is 180 Å². The molecule has 90 heavy (non-hydrogen) atoms. The van der Waals surface area contributed by atoms with Crippen molar-refractivity contribution in [1.29, 1.82) is 0 Å². The molecule has 19 heteroatoms. The third kappa shape index (κ3) is 62.2. The van der Waals surface area contributed by atoms with Crippen LogP contribution < -0.4 is 0 Å². The maximum Gasteiger partial charge on any atom is 0.472 e. The summed E-state index contributed by atoms with van der Waals surface area (Å²) >= 11 is 0.